The van der Waals surface area contributed by atoms with Gasteiger partial charge in [-0.2, -0.15) is 5.26 Å². The molecular formula is C13H20N2OS. The first-order chi connectivity index (χ1) is 8.22. The molecule has 0 spiro atoms. The van der Waals surface area contributed by atoms with E-state index in [2.05, 4.69) is 25.2 Å². The Bertz CT molecular complexity index is 355. The predicted octanol–water partition coefficient (Wildman–Crippen LogP) is 2.77. The SMILES string of the molecule is CC(C)CCOCCNCc1cc(C#N)cs1. The summed E-state index contributed by atoms with van der Waals surface area (Å²) in [5, 5.41) is 13.9. The molecule has 1 N–H and O–H groups in total. The van der Waals surface area contributed by atoms with Crippen molar-refractivity contribution in [2.45, 2.75) is 26.8 Å². The average Bonchev–Trinajstić information content (AvgIpc) is 2.75. The molecule has 1 aromatic rings. The number of nitrogens with one attached hydrogen (secondary N) is 1. The molecule has 0 aromatic carbocycles. The van der Waals surface area contributed by atoms with Crippen LogP contribution in [0.4, 0.5) is 0 Å². The molecule has 0 aliphatic carbocycles. The van der Waals surface area contributed by atoms with Crippen LogP contribution < -0.4 is 5.32 Å². The lowest BCUT2D eigenvalue weighted by atomic mass is 10.1. The molecule has 1 aromatic heterocycles. The molecule has 0 radical (unpaired) electrons. The largest absolute Gasteiger partial charge is 0.380 e. The minimum atomic E-state index is 0.707. The molecule has 1 heterocycles. The van der Waals surface area contributed by atoms with E-state index in [1.165, 1.54) is 4.88 Å². The van der Waals surface area contributed by atoms with Crippen molar-refractivity contribution in [1.29, 1.82) is 5.26 Å². The van der Waals surface area contributed by atoms with Crippen LogP contribution in [0.5, 0.6) is 0 Å². The molecule has 0 unspecified atom stereocenters. The fourth-order valence-corrected chi connectivity index (χ4v) is 2.09. The molecule has 0 fully saturated rings. The summed E-state index contributed by atoms with van der Waals surface area (Å²) in [6.45, 7) is 7.67. The van der Waals surface area contributed by atoms with Gasteiger partial charge in [-0.3, -0.25) is 0 Å². The standard InChI is InChI=1S/C13H20N2OS/c1-11(2)3-5-16-6-4-15-9-13-7-12(8-14)10-17-13/h7,10-11,15H,3-6,9H2,1-2H3. The highest BCUT2D eigenvalue weighted by molar-refractivity contribution is 7.10. The third-order valence-electron chi connectivity index (χ3n) is 2.34. The molecule has 0 saturated heterocycles. The number of nitrogens with zero attached hydrogens (tertiary/aromatic N) is 1. The molecule has 0 aliphatic heterocycles. The van der Waals surface area contributed by atoms with Crippen LogP contribution in [0.2, 0.25) is 0 Å². The highest BCUT2D eigenvalue weighted by Gasteiger charge is 1.98. The summed E-state index contributed by atoms with van der Waals surface area (Å²) in [6.07, 6.45) is 1.12. The quantitative estimate of drug-likeness (QED) is 0.724. The van der Waals surface area contributed by atoms with Gasteiger partial charge in [0.1, 0.15) is 6.07 Å². The van der Waals surface area contributed by atoms with Crippen molar-refractivity contribution < 1.29 is 4.74 Å². The van der Waals surface area contributed by atoms with E-state index >= 15 is 0 Å². The Kier molecular flexibility index (Phi) is 6.87. The Morgan fingerprint density at radius 2 is 2.29 bits per heavy atom. The zero-order valence-electron chi connectivity index (χ0n) is 10.5. The van der Waals surface area contributed by atoms with Gasteiger partial charge in [-0.05, 0) is 18.4 Å². The van der Waals surface area contributed by atoms with Crippen molar-refractivity contribution >= 4 is 11.3 Å². The van der Waals surface area contributed by atoms with Crippen LogP contribution in [-0.4, -0.2) is 19.8 Å². The summed E-state index contributed by atoms with van der Waals surface area (Å²) in [5.74, 6) is 0.707. The second-order valence-corrected chi connectivity index (χ2v) is 5.38. The minimum Gasteiger partial charge on any atom is -0.380 e. The van der Waals surface area contributed by atoms with E-state index in [4.69, 9.17) is 10.00 Å². The molecule has 1 rings (SSSR count). The summed E-state index contributed by atoms with van der Waals surface area (Å²) in [6, 6.07) is 4.06. The third kappa shape index (κ3) is 6.42. The Hall–Kier alpha value is -0.890. The lowest BCUT2D eigenvalue weighted by molar-refractivity contribution is 0.125. The molecule has 94 valence electrons. The van der Waals surface area contributed by atoms with Crippen LogP contribution in [0.25, 0.3) is 0 Å². The van der Waals surface area contributed by atoms with E-state index in [1.807, 2.05) is 11.4 Å². The molecule has 4 heteroatoms. The monoisotopic (exact) mass is 252 g/mol. The Labute approximate surface area is 107 Å². The fraction of sp³-hybridized carbons (Fsp3) is 0.615. The van der Waals surface area contributed by atoms with Gasteiger partial charge in [-0.1, -0.05) is 13.8 Å². The molecule has 0 saturated carbocycles. The second-order valence-electron chi connectivity index (χ2n) is 4.39. The molecule has 0 amide bonds. The third-order valence-corrected chi connectivity index (χ3v) is 3.28. The van der Waals surface area contributed by atoms with Crippen LogP contribution in [0.1, 0.15) is 30.7 Å². The summed E-state index contributed by atoms with van der Waals surface area (Å²) < 4.78 is 5.50. The lowest BCUT2D eigenvalue weighted by Crippen LogP contribution is -2.19. The van der Waals surface area contributed by atoms with Gasteiger partial charge in [0.15, 0.2) is 0 Å². The number of nitriles is 1. The lowest BCUT2D eigenvalue weighted by Gasteiger charge is -2.06. The maximum atomic E-state index is 8.68. The highest BCUT2D eigenvalue weighted by Crippen LogP contribution is 2.12. The first-order valence-corrected chi connectivity index (χ1v) is 6.86. The van der Waals surface area contributed by atoms with E-state index in [-0.39, 0.29) is 0 Å². The number of ether oxygens (including phenoxy) is 1. The summed E-state index contributed by atoms with van der Waals surface area (Å²) in [4.78, 5) is 1.20. The summed E-state index contributed by atoms with van der Waals surface area (Å²) >= 11 is 1.62. The fourth-order valence-electron chi connectivity index (χ4n) is 1.31. The number of hydrogen-bond acceptors (Lipinski definition) is 4. The van der Waals surface area contributed by atoms with Gasteiger partial charge in [-0.15, -0.1) is 11.3 Å². The molecular weight excluding hydrogens is 232 g/mol. The smallest absolute Gasteiger partial charge is 0.100 e. The Balaban J connectivity index is 1.99. The van der Waals surface area contributed by atoms with Crippen molar-refractivity contribution in [3.8, 4) is 6.07 Å². The number of hydrogen-bond donors (Lipinski definition) is 1. The Morgan fingerprint density at radius 1 is 1.47 bits per heavy atom. The van der Waals surface area contributed by atoms with Gasteiger partial charge in [0.25, 0.3) is 0 Å². The zero-order valence-corrected chi connectivity index (χ0v) is 11.3. The van der Waals surface area contributed by atoms with Gasteiger partial charge in [0.05, 0.1) is 12.2 Å². The van der Waals surface area contributed by atoms with E-state index in [1.54, 1.807) is 11.3 Å². The minimum absolute atomic E-state index is 0.707. The van der Waals surface area contributed by atoms with Crippen molar-refractivity contribution in [2.75, 3.05) is 19.8 Å². The molecule has 0 bridgehead atoms. The highest BCUT2D eigenvalue weighted by atomic mass is 32.1. The summed E-state index contributed by atoms with van der Waals surface area (Å²) in [5.41, 5.74) is 0.750. The average molecular weight is 252 g/mol. The first-order valence-electron chi connectivity index (χ1n) is 5.98. The van der Waals surface area contributed by atoms with E-state index in [9.17, 15) is 0 Å². The maximum absolute atomic E-state index is 8.68. The van der Waals surface area contributed by atoms with Gasteiger partial charge >= 0.3 is 0 Å². The Morgan fingerprint density at radius 3 is 2.94 bits per heavy atom. The van der Waals surface area contributed by atoms with E-state index in [0.29, 0.717) is 5.92 Å². The molecule has 0 atom stereocenters. The predicted molar refractivity (Wildman–Crippen MR) is 71.0 cm³/mol. The van der Waals surface area contributed by atoms with E-state index in [0.717, 1.165) is 38.3 Å². The van der Waals surface area contributed by atoms with Crippen molar-refractivity contribution in [2.24, 2.45) is 5.92 Å². The van der Waals surface area contributed by atoms with Gasteiger partial charge < -0.3 is 10.1 Å². The number of rotatable bonds is 8. The van der Waals surface area contributed by atoms with Crippen molar-refractivity contribution in [3.05, 3.63) is 21.9 Å². The first kappa shape index (κ1) is 14.2. The molecule has 17 heavy (non-hydrogen) atoms. The topological polar surface area (TPSA) is 45.0 Å². The van der Waals surface area contributed by atoms with Crippen LogP contribution in [0.3, 0.4) is 0 Å². The van der Waals surface area contributed by atoms with Crippen LogP contribution in [-0.2, 0) is 11.3 Å². The molecule has 3 nitrogen and oxygen atoms in total. The zero-order chi connectivity index (χ0) is 12.5. The number of thiophene rings is 1. The van der Waals surface area contributed by atoms with E-state index < -0.39 is 0 Å². The normalized spacial score (nSPS) is 10.7. The maximum Gasteiger partial charge on any atom is 0.100 e. The van der Waals surface area contributed by atoms with Gasteiger partial charge in [0.2, 0.25) is 0 Å². The second kappa shape index (κ2) is 8.24. The summed E-state index contributed by atoms with van der Waals surface area (Å²) in [7, 11) is 0. The van der Waals surface area contributed by atoms with Crippen molar-refractivity contribution in [1.82, 2.24) is 5.32 Å². The van der Waals surface area contributed by atoms with Crippen LogP contribution >= 0.6 is 11.3 Å². The van der Waals surface area contributed by atoms with Gasteiger partial charge in [-0.25, -0.2) is 0 Å². The van der Waals surface area contributed by atoms with Crippen LogP contribution in [0, 0.1) is 17.2 Å². The molecule has 0 aliphatic rings. The van der Waals surface area contributed by atoms with Crippen molar-refractivity contribution in [3.63, 3.8) is 0 Å². The van der Waals surface area contributed by atoms with Gasteiger partial charge in [0, 0.05) is 30.0 Å². The van der Waals surface area contributed by atoms with Crippen LogP contribution in [0.15, 0.2) is 11.4 Å².